The Bertz CT molecular complexity index is 5390. The maximum atomic E-state index is 13.5. The number of hydrogen-bond acceptors (Lipinski definition) is 14. The number of halogens is 2. The topological polar surface area (TPSA) is 89.5 Å². The number of thiophene rings is 6. The van der Waals surface area contributed by atoms with Gasteiger partial charge in [0.1, 0.15) is 0 Å². The van der Waals surface area contributed by atoms with Gasteiger partial charge in [-0.3, -0.25) is 0 Å². The van der Waals surface area contributed by atoms with Gasteiger partial charge in [-0.25, -0.2) is 0 Å². The van der Waals surface area contributed by atoms with Crippen molar-refractivity contribution in [2.75, 3.05) is 39.6 Å². The summed E-state index contributed by atoms with van der Waals surface area (Å²) in [7, 11) is 0. The van der Waals surface area contributed by atoms with Crippen molar-refractivity contribution < 1.29 is 38.0 Å². The molecule has 0 saturated carbocycles. The third kappa shape index (κ3) is 32.9. The van der Waals surface area contributed by atoms with Crippen LogP contribution in [0.2, 0.25) is 29.6 Å². The van der Waals surface area contributed by atoms with Gasteiger partial charge >= 0.3 is 814 Å². The molecule has 0 spiro atoms. The molecule has 0 radical (unpaired) electrons. The van der Waals surface area contributed by atoms with E-state index in [1.165, 1.54) is 344 Å². The molecule has 0 amide bonds. The first kappa shape index (κ1) is 114. The van der Waals surface area contributed by atoms with Gasteiger partial charge in [-0.2, -0.15) is 0 Å². The molecule has 6 unspecified atom stereocenters. The van der Waals surface area contributed by atoms with Crippen molar-refractivity contribution in [2.45, 2.75) is 383 Å². The molecule has 134 heavy (non-hydrogen) atoms. The number of carbonyl (C=O) groups is 2. The summed E-state index contributed by atoms with van der Waals surface area (Å²) in [6.45, 7) is 36.0. The zero-order valence-electron chi connectivity index (χ0n) is 86.1. The van der Waals surface area contributed by atoms with Gasteiger partial charge in [0.15, 0.2) is 0 Å². The number of ether oxygens (including phenoxy) is 6. The van der Waals surface area contributed by atoms with Crippen LogP contribution < -0.4 is 24.7 Å². The summed E-state index contributed by atoms with van der Waals surface area (Å²) in [6.07, 6.45) is 50.1. The Kier molecular flexibility index (Phi) is 49.9. The summed E-state index contributed by atoms with van der Waals surface area (Å²) >= 11 is 14.1. The van der Waals surface area contributed by atoms with Crippen molar-refractivity contribution in [3.05, 3.63) is 86.4 Å². The van der Waals surface area contributed by atoms with Crippen molar-refractivity contribution >= 4 is 265 Å². The summed E-state index contributed by atoms with van der Waals surface area (Å²) in [6, 6.07) is 23.8. The van der Waals surface area contributed by atoms with Gasteiger partial charge in [0, 0.05) is 0 Å². The van der Waals surface area contributed by atoms with Crippen molar-refractivity contribution in [1.82, 2.24) is 0 Å². The van der Waals surface area contributed by atoms with E-state index in [1.807, 2.05) is 51.4 Å². The Morgan fingerprint density at radius 3 is 0.963 bits per heavy atom. The van der Waals surface area contributed by atoms with Crippen LogP contribution in [0, 0.1) is 49.4 Å². The van der Waals surface area contributed by atoms with E-state index in [4.69, 9.17) is 28.4 Å². The van der Waals surface area contributed by atoms with Crippen LogP contribution >= 0.6 is 99.9 Å². The predicted octanol–water partition coefficient (Wildman–Crippen LogP) is 39.0. The molecular weight excluding hydrogens is 2240 g/mol. The number of rotatable bonds is 61. The number of unbranched alkanes of at least 4 members (excludes halogenated alkanes) is 18. The van der Waals surface area contributed by atoms with Gasteiger partial charge < -0.3 is 0 Å². The molecule has 20 heteroatoms. The monoisotopic (exact) mass is 2410 g/mol. The van der Waals surface area contributed by atoms with Gasteiger partial charge in [-0.05, 0) is 0 Å². The third-order valence-corrected chi connectivity index (χ3v) is 60.5. The maximum absolute atomic E-state index is 13.5. The number of hydrogen-bond donors (Lipinski definition) is 0. The van der Waals surface area contributed by atoms with E-state index in [-0.39, 0.29) is 26.4 Å². The van der Waals surface area contributed by atoms with Crippen LogP contribution in [-0.2, 0) is 9.47 Å². The van der Waals surface area contributed by atoms with Crippen LogP contribution in [0.25, 0.3) is 91.4 Å². The summed E-state index contributed by atoms with van der Waals surface area (Å²) in [5, 5.41) is 12.4. The van der Waals surface area contributed by atoms with Gasteiger partial charge in [-0.15, -0.1) is 0 Å². The van der Waals surface area contributed by atoms with Crippen LogP contribution in [-0.4, -0.2) is 117 Å². The number of benzene rings is 4. The van der Waals surface area contributed by atoms with Crippen LogP contribution in [0.15, 0.2) is 67.4 Å². The normalized spacial score (nSPS) is 13.5. The fourth-order valence-electron chi connectivity index (χ4n) is 18.6. The molecule has 0 aliphatic rings. The summed E-state index contributed by atoms with van der Waals surface area (Å²) in [4.78, 5) is 45.1. The predicted molar refractivity (Wildman–Crippen MR) is 613 cm³/mol. The summed E-state index contributed by atoms with van der Waals surface area (Å²) < 4.78 is 56.5. The average Bonchev–Trinajstić information content (AvgIpc) is 1.56. The van der Waals surface area contributed by atoms with Gasteiger partial charge in [-0.1, -0.05) is 66.7 Å². The summed E-state index contributed by atoms with van der Waals surface area (Å²) in [5.74, 6) is 7.22. The van der Waals surface area contributed by atoms with E-state index < -0.39 is 36.8 Å². The molecule has 0 aliphatic heterocycles. The molecule has 0 aliphatic carbocycles. The first-order valence-electron chi connectivity index (χ1n) is 52.9. The van der Waals surface area contributed by atoms with E-state index in [9.17, 15) is 9.59 Å². The molecule has 8 heterocycles. The number of fused-ring (bicyclic) bond motifs is 8. The zero-order chi connectivity index (χ0) is 96.4. The van der Waals surface area contributed by atoms with Crippen molar-refractivity contribution in [1.29, 1.82) is 0 Å². The molecule has 0 bridgehead atoms. The second-order valence-electron chi connectivity index (χ2n) is 40.9. The van der Waals surface area contributed by atoms with Gasteiger partial charge in [0.25, 0.3) is 0 Å². The summed E-state index contributed by atoms with van der Waals surface area (Å²) in [5.41, 5.74) is 0. The Hall–Kier alpha value is -2.14. The van der Waals surface area contributed by atoms with E-state index in [0.717, 1.165) is 85.4 Å². The van der Waals surface area contributed by atoms with Crippen LogP contribution in [0.3, 0.4) is 0 Å². The van der Waals surface area contributed by atoms with Gasteiger partial charge in [0.2, 0.25) is 0 Å². The minimum absolute atomic E-state index is 0.171. The molecule has 6 atom stereocenters. The van der Waals surface area contributed by atoms with Crippen molar-refractivity contribution in [3.8, 4) is 32.3 Å². The van der Waals surface area contributed by atoms with Crippen molar-refractivity contribution in [2.24, 2.45) is 35.5 Å². The molecule has 4 aromatic carbocycles. The first-order chi connectivity index (χ1) is 64.7. The van der Waals surface area contributed by atoms with Crippen LogP contribution in [0.4, 0.5) is 0 Å². The molecular formula is C114H168Br2O8S6Se2Sn2. The Balaban J connectivity index is 0.000000232. The number of aryl methyl sites for hydroxylation is 2. The average molecular weight is 2410 g/mol. The quantitative estimate of drug-likeness (QED) is 0.0212. The Morgan fingerprint density at radius 2 is 0.619 bits per heavy atom. The minimum atomic E-state index is -2.32. The number of carbonyl (C=O) groups excluding carboxylic acids is 2. The van der Waals surface area contributed by atoms with E-state index in [0.29, 0.717) is 68.1 Å². The molecule has 0 fully saturated rings. The third-order valence-electron chi connectivity index (χ3n) is 27.3. The molecule has 8 aromatic heterocycles. The number of esters is 2. The van der Waals surface area contributed by atoms with Crippen LogP contribution in [0.5, 0.6) is 23.0 Å². The molecule has 742 valence electrons. The van der Waals surface area contributed by atoms with Crippen LogP contribution in [0.1, 0.15) is 369 Å². The Morgan fingerprint density at radius 1 is 0.306 bits per heavy atom. The fourth-order valence-corrected chi connectivity index (χ4v) is 44.0. The molecule has 0 N–H and O–H groups in total. The zero-order valence-corrected chi connectivity index (χ0v) is 103. The second-order valence-corrected chi connectivity index (χ2v) is 87.0. The molecule has 8 nitrogen and oxygen atoms in total. The fraction of sp³-hybridized carbons (Fsp3) is 0.632. The molecule has 12 aromatic rings. The van der Waals surface area contributed by atoms with E-state index >= 15 is 0 Å². The second kappa shape index (κ2) is 58.7. The molecule has 0 saturated heterocycles. The standard InChI is InChI=1S/C55H78O4S3Se.C38H54O2S2.C15H18Br2O2SSe.6CH3.2Sn/c1-9-15-20-22-27-40(25-18-12-4)35-57-51-43-31-48-45(52(42(43)30-47-44(51)29-37(7)60-47)58-36-41(26-19-13-5)28-23-21-16-10-2)32-49(61-48)54-46-33-50(62-53(46)38(8)63-54)55(56)59-34-39(14-6)24-17-11-3;1-5-9-13-15-19-29(17-11-7-3)27-39-37-31-21-23-41-35(31)26-34-33(37)25-36-32(22-24-42-36)38(34)40-28-30(18-12-8-4)20-16-14-10-6-2;1-3-5-6-9(4-2)8-19-15(18)11-7-10-12(20-11)14(17)21-13(10)16;;;;;;;;/h29-33,39-41H,9-28,34-36H2,1-8H3;21-22,25-26,29-30H,5-20,27-28H2,1-4H3;7,9H,3-6,8H2,1-2H3;6*1H3;;. The first-order valence-corrected chi connectivity index (χ1v) is 82.8. The van der Waals surface area contributed by atoms with E-state index in [2.05, 4.69) is 213 Å². The van der Waals surface area contributed by atoms with Crippen molar-refractivity contribution in [3.63, 3.8) is 0 Å². The van der Waals surface area contributed by atoms with E-state index in [1.54, 1.807) is 17.1 Å². The van der Waals surface area contributed by atoms with Gasteiger partial charge in [0.05, 0.1) is 0 Å². The Labute approximate surface area is 870 Å². The SMILES string of the molecule is CCCCC(CC)COC(=O)c1cc2c(Br)[se]c(Br)c2s1.CCCCCCC(CCCC)COc1c2c[c]([Sn]([CH3])([CH3])[CH3])sc2cc2c(OCC(CCCC)CCCCCC)c3c[c]([Sn]([CH3])([CH3])[CH3])sc3cc12.CCCCCCC(CCCC)COc1c2cc(C)sc2cc2c(OCC(CCCC)CCCCCC)c3cc(-c4[se]c(C)c5sc(C(=O)OCC(CC)CCCC)cc45)sc3cc12. The molecule has 12 rings (SSSR count).